The summed E-state index contributed by atoms with van der Waals surface area (Å²) in [6, 6.07) is 0.297. The molecule has 0 radical (unpaired) electrons. The van der Waals surface area contributed by atoms with Crippen LogP contribution in [-0.4, -0.2) is 64.7 Å². The van der Waals surface area contributed by atoms with Gasteiger partial charge in [0, 0.05) is 25.8 Å². The van der Waals surface area contributed by atoms with Gasteiger partial charge in [0.1, 0.15) is 5.82 Å². The van der Waals surface area contributed by atoms with E-state index in [1.165, 1.54) is 30.1 Å². The van der Waals surface area contributed by atoms with E-state index in [0.717, 1.165) is 45.3 Å². The Morgan fingerprint density at radius 2 is 1.96 bits per heavy atom. The zero-order valence-electron chi connectivity index (χ0n) is 14.7. The average molecular weight is 332 g/mol. The van der Waals surface area contributed by atoms with Crippen LogP contribution in [0.1, 0.15) is 48.9 Å². The van der Waals surface area contributed by atoms with Crippen LogP contribution in [0.4, 0.5) is 0 Å². The first-order valence-corrected chi connectivity index (χ1v) is 9.38. The van der Waals surface area contributed by atoms with Gasteiger partial charge in [0.15, 0.2) is 0 Å². The normalized spacial score (nSPS) is 25.0. The van der Waals surface area contributed by atoms with E-state index >= 15 is 0 Å². The van der Waals surface area contributed by atoms with Crippen LogP contribution in [0, 0.1) is 0 Å². The van der Waals surface area contributed by atoms with Crippen LogP contribution < -0.4 is 0 Å². The van der Waals surface area contributed by atoms with Crippen molar-refractivity contribution in [2.75, 3.05) is 39.4 Å². The minimum absolute atomic E-state index is 0.240. The molecule has 0 aromatic carbocycles. The van der Waals surface area contributed by atoms with Crippen LogP contribution in [0.5, 0.6) is 0 Å². The standard InChI is InChI=1S/C18H28N4O2/c1-20-15-6-3-2-5-14(15)19-18(20)16-7-4-8-22(16)13-17(23)21-9-11-24-12-10-21/h16H,2-13H2,1H3/t16-/m1/s1. The summed E-state index contributed by atoms with van der Waals surface area (Å²) in [5.74, 6) is 1.42. The molecule has 4 rings (SSSR count). The Labute approximate surface area is 143 Å². The fourth-order valence-corrected chi connectivity index (χ4v) is 4.40. The van der Waals surface area contributed by atoms with Crippen LogP contribution in [0.3, 0.4) is 0 Å². The number of carbonyl (C=O) groups is 1. The van der Waals surface area contributed by atoms with Gasteiger partial charge in [-0.15, -0.1) is 0 Å². The lowest BCUT2D eigenvalue weighted by atomic mass is 10.0. The Morgan fingerprint density at radius 3 is 2.75 bits per heavy atom. The molecule has 132 valence electrons. The Bertz CT molecular complexity index is 606. The third-order valence-corrected chi connectivity index (χ3v) is 5.77. The zero-order valence-corrected chi connectivity index (χ0v) is 14.7. The van der Waals surface area contributed by atoms with Crippen LogP contribution in [0.2, 0.25) is 0 Å². The molecular weight excluding hydrogens is 304 g/mol. The van der Waals surface area contributed by atoms with Gasteiger partial charge >= 0.3 is 0 Å². The van der Waals surface area contributed by atoms with E-state index < -0.39 is 0 Å². The summed E-state index contributed by atoms with van der Waals surface area (Å²) < 4.78 is 7.67. The van der Waals surface area contributed by atoms with E-state index in [2.05, 4.69) is 16.5 Å². The third-order valence-electron chi connectivity index (χ3n) is 5.77. The first-order chi connectivity index (χ1) is 11.7. The summed E-state index contributed by atoms with van der Waals surface area (Å²) in [6.45, 7) is 4.31. The van der Waals surface area contributed by atoms with Crippen molar-refractivity contribution in [3.8, 4) is 0 Å². The molecule has 0 saturated carbocycles. The molecule has 0 bridgehead atoms. The molecule has 1 aliphatic carbocycles. The average Bonchev–Trinajstić information content (AvgIpc) is 3.20. The molecule has 1 aromatic rings. The van der Waals surface area contributed by atoms with Crippen molar-refractivity contribution >= 4 is 5.91 Å². The number of fused-ring (bicyclic) bond motifs is 1. The van der Waals surface area contributed by atoms with E-state index in [4.69, 9.17) is 9.72 Å². The second kappa shape index (κ2) is 6.84. The molecule has 2 aliphatic heterocycles. The monoisotopic (exact) mass is 332 g/mol. The van der Waals surface area contributed by atoms with Gasteiger partial charge in [0.25, 0.3) is 0 Å². The SMILES string of the molecule is Cn1c([C@H]2CCCN2CC(=O)N2CCOCC2)nc2c1CCCC2. The number of aromatic nitrogens is 2. The highest BCUT2D eigenvalue weighted by molar-refractivity contribution is 5.78. The van der Waals surface area contributed by atoms with Crippen molar-refractivity contribution < 1.29 is 9.53 Å². The number of ether oxygens (including phenoxy) is 1. The predicted octanol–water partition coefficient (Wildman–Crippen LogP) is 1.29. The number of morpholine rings is 1. The van der Waals surface area contributed by atoms with E-state index in [9.17, 15) is 4.79 Å². The quantitative estimate of drug-likeness (QED) is 0.837. The number of nitrogens with zero attached hydrogens (tertiary/aromatic N) is 4. The zero-order chi connectivity index (χ0) is 16.5. The molecule has 6 nitrogen and oxygen atoms in total. The molecule has 6 heteroatoms. The molecule has 2 fully saturated rings. The lowest BCUT2D eigenvalue weighted by Crippen LogP contribution is -2.45. The fraction of sp³-hybridized carbons (Fsp3) is 0.778. The molecule has 0 N–H and O–H groups in total. The number of likely N-dealkylation sites (tertiary alicyclic amines) is 1. The second-order valence-corrected chi connectivity index (χ2v) is 7.25. The van der Waals surface area contributed by atoms with E-state index in [1.807, 2.05) is 4.90 Å². The lowest BCUT2D eigenvalue weighted by Gasteiger charge is -2.30. The predicted molar refractivity (Wildman–Crippen MR) is 90.8 cm³/mol. The number of imidazole rings is 1. The second-order valence-electron chi connectivity index (χ2n) is 7.25. The van der Waals surface area contributed by atoms with E-state index in [-0.39, 0.29) is 5.91 Å². The lowest BCUT2D eigenvalue weighted by molar-refractivity contribution is -0.136. The molecular formula is C18H28N4O2. The number of amides is 1. The highest BCUT2D eigenvalue weighted by Gasteiger charge is 2.33. The van der Waals surface area contributed by atoms with Crippen LogP contribution in [0.25, 0.3) is 0 Å². The fourth-order valence-electron chi connectivity index (χ4n) is 4.40. The molecule has 1 atom stereocenters. The van der Waals surface area contributed by atoms with Gasteiger partial charge in [-0.25, -0.2) is 4.98 Å². The summed E-state index contributed by atoms with van der Waals surface area (Å²) in [7, 11) is 2.16. The Morgan fingerprint density at radius 1 is 1.17 bits per heavy atom. The number of rotatable bonds is 3. The Hall–Kier alpha value is -1.40. The van der Waals surface area contributed by atoms with Crippen LogP contribution >= 0.6 is 0 Å². The topological polar surface area (TPSA) is 50.6 Å². The summed E-state index contributed by atoms with van der Waals surface area (Å²) in [5, 5.41) is 0. The van der Waals surface area contributed by atoms with Crippen LogP contribution in [0.15, 0.2) is 0 Å². The van der Waals surface area contributed by atoms with Gasteiger partial charge in [-0.2, -0.15) is 0 Å². The largest absolute Gasteiger partial charge is 0.378 e. The first-order valence-electron chi connectivity index (χ1n) is 9.38. The Balaban J connectivity index is 1.48. The smallest absolute Gasteiger partial charge is 0.236 e. The molecule has 1 amide bonds. The summed E-state index contributed by atoms with van der Waals surface area (Å²) in [6.07, 6.45) is 7.06. The van der Waals surface area contributed by atoms with Gasteiger partial charge in [-0.1, -0.05) is 0 Å². The summed E-state index contributed by atoms with van der Waals surface area (Å²) in [4.78, 5) is 21.9. The van der Waals surface area contributed by atoms with Crippen molar-refractivity contribution in [1.82, 2.24) is 19.4 Å². The maximum absolute atomic E-state index is 12.6. The van der Waals surface area contributed by atoms with Gasteiger partial charge in [0.05, 0.1) is 31.5 Å². The minimum atomic E-state index is 0.240. The highest BCUT2D eigenvalue weighted by atomic mass is 16.5. The number of aryl methyl sites for hydroxylation is 1. The van der Waals surface area contributed by atoms with Crippen molar-refractivity contribution in [2.45, 2.75) is 44.6 Å². The Kier molecular flexibility index (Phi) is 4.59. The minimum Gasteiger partial charge on any atom is -0.378 e. The van der Waals surface area contributed by atoms with Crippen molar-refractivity contribution in [1.29, 1.82) is 0 Å². The number of carbonyl (C=O) groups excluding carboxylic acids is 1. The third kappa shape index (κ3) is 2.97. The van der Waals surface area contributed by atoms with Crippen molar-refractivity contribution in [3.63, 3.8) is 0 Å². The molecule has 3 heterocycles. The molecule has 0 unspecified atom stereocenters. The molecule has 3 aliphatic rings. The molecule has 24 heavy (non-hydrogen) atoms. The maximum atomic E-state index is 12.6. The van der Waals surface area contributed by atoms with Crippen LogP contribution in [-0.2, 0) is 29.4 Å². The van der Waals surface area contributed by atoms with Gasteiger partial charge < -0.3 is 14.2 Å². The van der Waals surface area contributed by atoms with Gasteiger partial charge in [-0.3, -0.25) is 9.69 Å². The number of hydrogen-bond acceptors (Lipinski definition) is 4. The molecule has 0 spiro atoms. The maximum Gasteiger partial charge on any atom is 0.236 e. The summed E-state index contributed by atoms with van der Waals surface area (Å²) >= 11 is 0. The number of hydrogen-bond donors (Lipinski definition) is 0. The van der Waals surface area contributed by atoms with Crippen molar-refractivity contribution in [2.24, 2.45) is 7.05 Å². The van der Waals surface area contributed by atoms with E-state index in [0.29, 0.717) is 25.8 Å². The molecule has 1 aromatic heterocycles. The summed E-state index contributed by atoms with van der Waals surface area (Å²) in [5.41, 5.74) is 2.72. The van der Waals surface area contributed by atoms with Gasteiger partial charge in [0.2, 0.25) is 5.91 Å². The van der Waals surface area contributed by atoms with Gasteiger partial charge in [-0.05, 0) is 45.1 Å². The molecule has 2 saturated heterocycles. The first kappa shape index (κ1) is 16.1. The van der Waals surface area contributed by atoms with Crippen molar-refractivity contribution in [3.05, 3.63) is 17.2 Å². The highest BCUT2D eigenvalue weighted by Crippen LogP contribution is 2.33. The van der Waals surface area contributed by atoms with E-state index in [1.54, 1.807) is 0 Å².